The third-order valence-corrected chi connectivity index (χ3v) is 0.485. The molecule has 0 fully saturated rings. The molecule has 2 nitrogen and oxygen atoms in total. The number of ether oxygens (including phenoxy) is 1. The van der Waals surface area contributed by atoms with Crippen LogP contribution in [0, 0.1) is 0 Å². The van der Waals surface area contributed by atoms with E-state index in [0.29, 0.717) is 10.2 Å². The zero-order valence-corrected chi connectivity index (χ0v) is 5.60. The number of hydrogen-bond acceptors (Lipinski definition) is 2. The lowest BCUT2D eigenvalue weighted by atomic mass is 11.1. The van der Waals surface area contributed by atoms with Crippen LogP contribution >= 0.6 is 0 Å². The SMILES string of the molecule is C=COC(=O)[SiH3]. The Morgan fingerprint density at radius 2 is 2.50 bits per heavy atom. The lowest BCUT2D eigenvalue weighted by molar-refractivity contribution is 0.212. The van der Waals surface area contributed by atoms with Gasteiger partial charge in [-0.25, -0.2) is 0 Å². The lowest BCUT2D eigenvalue weighted by Gasteiger charge is -1.83. The third kappa shape index (κ3) is 3.43. The van der Waals surface area contributed by atoms with Gasteiger partial charge in [-0.15, -0.1) is 0 Å². The second-order valence-electron chi connectivity index (χ2n) is 0.776. The van der Waals surface area contributed by atoms with Gasteiger partial charge in [-0.3, -0.25) is 4.79 Å². The zero-order chi connectivity index (χ0) is 4.99. The van der Waals surface area contributed by atoms with E-state index in [-0.39, 0.29) is 5.59 Å². The molecule has 0 aromatic rings. The van der Waals surface area contributed by atoms with Crippen LogP contribution in [-0.4, -0.2) is 15.8 Å². The van der Waals surface area contributed by atoms with E-state index in [4.69, 9.17) is 0 Å². The second kappa shape index (κ2) is 2.65. The highest BCUT2D eigenvalue weighted by Crippen LogP contribution is 1.69. The molecule has 34 valence electrons. The molecular weight excluding hydrogens is 96.1 g/mol. The zero-order valence-electron chi connectivity index (χ0n) is 3.60. The highest BCUT2D eigenvalue weighted by molar-refractivity contribution is 6.55. The minimum Gasteiger partial charge on any atom is -0.440 e. The summed E-state index contributed by atoms with van der Waals surface area (Å²) in [4.78, 5) is 9.81. The van der Waals surface area contributed by atoms with Crippen molar-refractivity contribution < 1.29 is 9.53 Å². The topological polar surface area (TPSA) is 26.3 Å². The normalized spacial score (nSPS) is 7.33. The van der Waals surface area contributed by atoms with Crippen molar-refractivity contribution in [3.05, 3.63) is 12.8 Å². The third-order valence-electron chi connectivity index (χ3n) is 0.249. The van der Waals surface area contributed by atoms with Gasteiger partial charge in [-0.2, -0.15) is 0 Å². The van der Waals surface area contributed by atoms with Gasteiger partial charge in [0.1, 0.15) is 10.2 Å². The maximum absolute atomic E-state index is 9.81. The van der Waals surface area contributed by atoms with E-state index in [2.05, 4.69) is 11.3 Å². The van der Waals surface area contributed by atoms with Gasteiger partial charge in [0.15, 0.2) is 0 Å². The molecule has 0 unspecified atom stereocenters. The van der Waals surface area contributed by atoms with E-state index >= 15 is 0 Å². The number of carbonyl (C=O) groups is 1. The fourth-order valence-electron chi connectivity index (χ4n) is 0.117. The second-order valence-corrected chi connectivity index (χ2v) is 1.59. The summed E-state index contributed by atoms with van der Waals surface area (Å²) in [7, 11) is 0.446. The number of hydrogen-bond donors (Lipinski definition) is 0. The van der Waals surface area contributed by atoms with Gasteiger partial charge in [0, 0.05) is 0 Å². The molecule has 0 aliphatic rings. The van der Waals surface area contributed by atoms with Crippen LogP contribution in [0.1, 0.15) is 0 Å². The first-order valence-corrected chi connectivity index (χ1v) is 2.55. The summed E-state index contributed by atoms with van der Waals surface area (Å²) in [5, 5.41) is 0. The first-order chi connectivity index (χ1) is 2.77. The Balaban J connectivity index is 3.05. The fraction of sp³-hybridized carbons (Fsp3) is 0. The average Bonchev–Trinajstić information content (AvgIpc) is 1.35. The van der Waals surface area contributed by atoms with Crippen LogP contribution in [0.25, 0.3) is 0 Å². The van der Waals surface area contributed by atoms with Crippen molar-refractivity contribution in [2.45, 2.75) is 0 Å². The quantitative estimate of drug-likeness (QED) is 0.333. The van der Waals surface area contributed by atoms with Crippen LogP contribution in [-0.2, 0) is 4.74 Å². The van der Waals surface area contributed by atoms with E-state index in [1.807, 2.05) is 0 Å². The first kappa shape index (κ1) is 5.43. The highest BCUT2D eigenvalue weighted by atomic mass is 28.1. The smallest absolute Gasteiger partial charge is 0.265 e. The summed E-state index contributed by atoms with van der Waals surface area (Å²) in [5.41, 5.74) is -0.190. The molecule has 0 aliphatic heterocycles. The number of carbonyl (C=O) groups excluding carboxylic acids is 1. The van der Waals surface area contributed by atoms with Crippen molar-refractivity contribution in [1.29, 1.82) is 0 Å². The molecule has 0 rings (SSSR count). The van der Waals surface area contributed by atoms with Gasteiger partial charge in [0.2, 0.25) is 0 Å². The maximum Gasteiger partial charge on any atom is 0.265 e. The maximum atomic E-state index is 9.81. The predicted molar refractivity (Wildman–Crippen MR) is 26.6 cm³/mol. The molecule has 0 saturated carbocycles. The van der Waals surface area contributed by atoms with E-state index in [1.54, 1.807) is 0 Å². The van der Waals surface area contributed by atoms with Gasteiger partial charge < -0.3 is 4.74 Å². The Morgan fingerprint density at radius 3 is 2.50 bits per heavy atom. The van der Waals surface area contributed by atoms with Crippen molar-refractivity contribution in [2.24, 2.45) is 0 Å². The van der Waals surface area contributed by atoms with Gasteiger partial charge in [0.05, 0.1) is 6.26 Å². The van der Waals surface area contributed by atoms with Gasteiger partial charge in [-0.05, 0) is 0 Å². The van der Waals surface area contributed by atoms with Crippen LogP contribution in [0.3, 0.4) is 0 Å². The molecule has 0 heterocycles. The van der Waals surface area contributed by atoms with E-state index in [0.717, 1.165) is 6.26 Å². The standard InChI is InChI=1S/C3H6O2Si/c1-2-5-3(4)6/h2H,1H2,6H3. The molecule has 0 N–H and O–H groups in total. The summed E-state index contributed by atoms with van der Waals surface area (Å²) in [6.07, 6.45) is 1.13. The molecule has 0 spiro atoms. The van der Waals surface area contributed by atoms with Gasteiger partial charge in [-0.1, -0.05) is 6.58 Å². The molecule has 3 heteroatoms. The molecule has 0 radical (unpaired) electrons. The summed E-state index contributed by atoms with van der Waals surface area (Å²) in [6.45, 7) is 3.18. The van der Waals surface area contributed by atoms with Crippen molar-refractivity contribution in [1.82, 2.24) is 0 Å². The predicted octanol–water partition coefficient (Wildman–Crippen LogP) is -0.368. The van der Waals surface area contributed by atoms with Crippen molar-refractivity contribution in [3.8, 4) is 0 Å². The van der Waals surface area contributed by atoms with Crippen molar-refractivity contribution >= 4 is 15.8 Å². The van der Waals surface area contributed by atoms with Crippen LogP contribution in [0.5, 0.6) is 0 Å². The summed E-state index contributed by atoms with van der Waals surface area (Å²) in [6, 6.07) is 0. The highest BCUT2D eigenvalue weighted by Gasteiger charge is 1.78. The average molecular weight is 102 g/mol. The van der Waals surface area contributed by atoms with E-state index in [1.165, 1.54) is 0 Å². The Bertz CT molecular complexity index is 69.2. The van der Waals surface area contributed by atoms with Crippen molar-refractivity contribution in [2.75, 3.05) is 0 Å². The molecule has 0 bridgehead atoms. The van der Waals surface area contributed by atoms with Crippen LogP contribution in [0.15, 0.2) is 12.8 Å². The van der Waals surface area contributed by atoms with E-state index < -0.39 is 0 Å². The summed E-state index contributed by atoms with van der Waals surface area (Å²) >= 11 is 0. The molecule has 6 heavy (non-hydrogen) atoms. The van der Waals surface area contributed by atoms with Crippen LogP contribution in [0.2, 0.25) is 0 Å². The van der Waals surface area contributed by atoms with Crippen LogP contribution < -0.4 is 0 Å². The molecule has 0 aromatic carbocycles. The Morgan fingerprint density at radius 1 is 2.00 bits per heavy atom. The Labute approximate surface area is 39.2 Å². The summed E-state index contributed by atoms with van der Waals surface area (Å²) < 4.78 is 4.23. The lowest BCUT2D eigenvalue weighted by Crippen LogP contribution is -1.91. The molecule has 0 amide bonds. The summed E-state index contributed by atoms with van der Waals surface area (Å²) in [5.74, 6) is 0. The largest absolute Gasteiger partial charge is 0.440 e. The minimum atomic E-state index is -0.190. The molecule has 0 atom stereocenters. The van der Waals surface area contributed by atoms with E-state index in [9.17, 15) is 4.79 Å². The molecule has 0 aromatic heterocycles. The minimum absolute atomic E-state index is 0.190. The first-order valence-electron chi connectivity index (χ1n) is 1.55. The fourth-order valence-corrected chi connectivity index (χ4v) is 0.284. The monoisotopic (exact) mass is 102 g/mol. The molecule has 0 aliphatic carbocycles. The Kier molecular flexibility index (Phi) is 2.40. The molecular formula is C3H6O2Si. The Hall–Kier alpha value is -0.573. The number of rotatable bonds is 1. The molecule has 0 saturated heterocycles. The van der Waals surface area contributed by atoms with Gasteiger partial charge >= 0.3 is 0 Å². The van der Waals surface area contributed by atoms with Crippen molar-refractivity contribution in [3.63, 3.8) is 0 Å². The van der Waals surface area contributed by atoms with Gasteiger partial charge in [0.25, 0.3) is 5.59 Å². The van der Waals surface area contributed by atoms with Crippen LogP contribution in [0.4, 0.5) is 4.79 Å².